The third kappa shape index (κ3) is 3.64. The van der Waals surface area contributed by atoms with Crippen LogP contribution in [0.4, 0.5) is 0 Å². The first-order valence-electron chi connectivity index (χ1n) is 10.0. The Morgan fingerprint density at radius 2 is 1.74 bits per heavy atom. The van der Waals surface area contributed by atoms with Gasteiger partial charge >= 0.3 is 0 Å². The van der Waals surface area contributed by atoms with Gasteiger partial charge in [-0.3, -0.25) is 5.10 Å². The van der Waals surface area contributed by atoms with E-state index in [9.17, 15) is 0 Å². The quantitative estimate of drug-likeness (QED) is 0.417. The zero-order chi connectivity index (χ0) is 21.2. The molecule has 0 unspecified atom stereocenters. The molecule has 0 saturated heterocycles. The van der Waals surface area contributed by atoms with Crippen molar-refractivity contribution in [2.75, 3.05) is 7.11 Å². The van der Waals surface area contributed by atoms with Gasteiger partial charge in [0, 0.05) is 35.3 Å². The number of para-hydroxylation sites is 1. The minimum Gasteiger partial charge on any atom is -0.493 e. The van der Waals surface area contributed by atoms with Gasteiger partial charge in [0.2, 0.25) is 0 Å². The second kappa shape index (κ2) is 7.99. The van der Waals surface area contributed by atoms with Crippen molar-refractivity contribution in [1.29, 1.82) is 0 Å². The Balaban J connectivity index is 1.42. The lowest BCUT2D eigenvalue weighted by molar-refractivity contribution is 0.284. The predicted molar refractivity (Wildman–Crippen MR) is 121 cm³/mol. The van der Waals surface area contributed by atoms with Crippen molar-refractivity contribution < 1.29 is 9.47 Å². The largest absolute Gasteiger partial charge is 0.493 e. The number of H-pyrrole nitrogens is 1. The topological polar surface area (TPSA) is 65.0 Å². The first-order chi connectivity index (χ1) is 15.2. The molecule has 0 aliphatic heterocycles. The molecule has 0 spiro atoms. The van der Waals surface area contributed by atoms with Gasteiger partial charge in [-0.05, 0) is 29.8 Å². The monoisotopic (exact) mass is 410 g/mol. The van der Waals surface area contributed by atoms with Crippen LogP contribution in [-0.2, 0) is 13.7 Å². The molecule has 0 amide bonds. The van der Waals surface area contributed by atoms with Crippen LogP contribution in [0.15, 0.2) is 79.0 Å². The molecule has 0 bridgehead atoms. The average Bonchev–Trinajstić information content (AvgIpc) is 3.43. The number of aromatic nitrogens is 4. The molecule has 5 aromatic rings. The molecule has 0 aliphatic carbocycles. The number of fused-ring (bicyclic) bond motifs is 1. The van der Waals surface area contributed by atoms with E-state index in [0.717, 1.165) is 33.4 Å². The zero-order valence-corrected chi connectivity index (χ0v) is 17.4. The fourth-order valence-corrected chi connectivity index (χ4v) is 3.70. The summed E-state index contributed by atoms with van der Waals surface area (Å²) in [5.41, 5.74) is 4.12. The molecule has 6 nitrogen and oxygen atoms in total. The molecule has 1 N–H and O–H groups in total. The van der Waals surface area contributed by atoms with Crippen molar-refractivity contribution in [3.8, 4) is 34.3 Å². The summed E-state index contributed by atoms with van der Waals surface area (Å²) >= 11 is 0. The number of hydrogen-bond donors (Lipinski definition) is 1. The number of ether oxygens (including phenoxy) is 2. The van der Waals surface area contributed by atoms with Crippen LogP contribution in [0.1, 0.15) is 5.56 Å². The number of aryl methyl sites for hydroxylation is 1. The summed E-state index contributed by atoms with van der Waals surface area (Å²) in [4.78, 5) is 4.74. The number of aromatic amines is 1. The van der Waals surface area contributed by atoms with E-state index in [1.54, 1.807) is 7.11 Å². The number of nitrogens with one attached hydrogen (secondary N) is 1. The smallest absolute Gasteiger partial charge is 0.181 e. The summed E-state index contributed by atoms with van der Waals surface area (Å²) in [5.74, 6) is 2.66. The summed E-state index contributed by atoms with van der Waals surface area (Å²) in [7, 11) is 3.66. The Morgan fingerprint density at radius 1 is 0.935 bits per heavy atom. The van der Waals surface area contributed by atoms with Crippen LogP contribution >= 0.6 is 0 Å². The molecule has 2 aromatic heterocycles. The highest BCUT2D eigenvalue weighted by molar-refractivity contribution is 5.94. The molecule has 154 valence electrons. The zero-order valence-electron chi connectivity index (χ0n) is 17.4. The van der Waals surface area contributed by atoms with Gasteiger partial charge in [-0.25, -0.2) is 4.98 Å². The van der Waals surface area contributed by atoms with Gasteiger partial charge in [0.25, 0.3) is 0 Å². The highest BCUT2D eigenvalue weighted by Gasteiger charge is 2.15. The molecule has 0 aliphatic rings. The Bertz CT molecular complexity index is 1340. The highest BCUT2D eigenvalue weighted by atomic mass is 16.5. The summed E-state index contributed by atoms with van der Waals surface area (Å²) in [6.07, 6.45) is 2.07. The lowest BCUT2D eigenvalue weighted by atomic mass is 10.1. The van der Waals surface area contributed by atoms with Crippen LogP contribution in [0.2, 0.25) is 0 Å². The summed E-state index contributed by atoms with van der Waals surface area (Å²) in [6, 6.07) is 24.0. The van der Waals surface area contributed by atoms with Crippen LogP contribution < -0.4 is 9.47 Å². The fraction of sp³-hybridized carbons (Fsp3) is 0.120. The van der Waals surface area contributed by atoms with Crippen molar-refractivity contribution in [3.63, 3.8) is 0 Å². The van der Waals surface area contributed by atoms with Crippen LogP contribution in [0, 0.1) is 0 Å². The third-order valence-electron chi connectivity index (χ3n) is 5.30. The van der Waals surface area contributed by atoms with Crippen LogP contribution in [0.3, 0.4) is 0 Å². The van der Waals surface area contributed by atoms with Crippen molar-refractivity contribution in [3.05, 3.63) is 84.6 Å². The standard InChI is InChI=1S/C25H22N4O2/c1-29-15-20(19-10-6-7-11-21(19)29)25-26-24(27-28-25)18-12-13-22(23(14-18)30-2)31-16-17-8-4-3-5-9-17/h3-15H,16H2,1-2H3,(H,26,27,28). The van der Waals surface area contributed by atoms with Gasteiger partial charge in [-0.2, -0.15) is 5.10 Å². The number of methoxy groups -OCH3 is 1. The minimum absolute atomic E-state index is 0.475. The average molecular weight is 410 g/mol. The van der Waals surface area contributed by atoms with Gasteiger partial charge in [0.1, 0.15) is 6.61 Å². The number of nitrogens with zero attached hydrogens (tertiary/aromatic N) is 3. The normalized spacial score (nSPS) is 11.0. The molecular weight excluding hydrogens is 388 g/mol. The number of hydrogen-bond acceptors (Lipinski definition) is 4. The Labute approximate surface area is 180 Å². The molecule has 6 heteroatoms. The third-order valence-corrected chi connectivity index (χ3v) is 5.30. The van der Waals surface area contributed by atoms with Crippen LogP contribution in [-0.4, -0.2) is 26.9 Å². The van der Waals surface area contributed by atoms with Crippen LogP contribution in [0.5, 0.6) is 11.5 Å². The van der Waals surface area contributed by atoms with E-state index in [2.05, 4.69) is 33.1 Å². The summed E-state index contributed by atoms with van der Waals surface area (Å²) in [5, 5.41) is 8.65. The van der Waals surface area contributed by atoms with E-state index >= 15 is 0 Å². The maximum atomic E-state index is 5.95. The molecule has 0 radical (unpaired) electrons. The van der Waals surface area contributed by atoms with E-state index in [0.29, 0.717) is 23.9 Å². The summed E-state index contributed by atoms with van der Waals surface area (Å²) < 4.78 is 13.6. The van der Waals surface area contributed by atoms with E-state index in [1.165, 1.54) is 0 Å². The first-order valence-corrected chi connectivity index (χ1v) is 10.0. The van der Waals surface area contributed by atoms with E-state index in [4.69, 9.17) is 14.5 Å². The van der Waals surface area contributed by atoms with E-state index in [1.807, 2.05) is 67.7 Å². The molecule has 5 rings (SSSR count). The predicted octanol–water partition coefficient (Wildman–Crippen LogP) is 5.22. The fourth-order valence-electron chi connectivity index (χ4n) is 3.70. The molecule has 0 atom stereocenters. The van der Waals surface area contributed by atoms with Crippen LogP contribution in [0.25, 0.3) is 33.7 Å². The van der Waals surface area contributed by atoms with Gasteiger partial charge < -0.3 is 14.0 Å². The molecule has 0 fully saturated rings. The van der Waals surface area contributed by atoms with Crippen molar-refractivity contribution in [2.45, 2.75) is 6.61 Å². The van der Waals surface area contributed by atoms with Gasteiger partial charge in [0.05, 0.1) is 7.11 Å². The second-order valence-corrected chi connectivity index (χ2v) is 7.32. The lowest BCUT2D eigenvalue weighted by Crippen LogP contribution is -1.98. The van der Waals surface area contributed by atoms with Crippen molar-refractivity contribution in [1.82, 2.24) is 19.7 Å². The van der Waals surface area contributed by atoms with Crippen molar-refractivity contribution >= 4 is 10.9 Å². The molecule has 31 heavy (non-hydrogen) atoms. The molecular formula is C25H22N4O2. The maximum Gasteiger partial charge on any atom is 0.181 e. The van der Waals surface area contributed by atoms with Gasteiger partial charge in [0.15, 0.2) is 23.1 Å². The van der Waals surface area contributed by atoms with Gasteiger partial charge in [-0.15, -0.1) is 0 Å². The van der Waals surface area contributed by atoms with Gasteiger partial charge in [-0.1, -0.05) is 48.5 Å². The SMILES string of the molecule is COc1cc(-c2n[nH]c(-c3cn(C)c4ccccc34)n2)ccc1OCc1ccccc1. The minimum atomic E-state index is 0.475. The first kappa shape index (κ1) is 18.9. The van der Waals surface area contributed by atoms with E-state index < -0.39 is 0 Å². The number of benzene rings is 3. The highest BCUT2D eigenvalue weighted by Crippen LogP contribution is 2.33. The second-order valence-electron chi connectivity index (χ2n) is 7.32. The molecule has 2 heterocycles. The molecule has 0 saturated carbocycles. The summed E-state index contributed by atoms with van der Waals surface area (Å²) in [6.45, 7) is 0.475. The lowest BCUT2D eigenvalue weighted by Gasteiger charge is -2.11. The van der Waals surface area contributed by atoms with E-state index in [-0.39, 0.29) is 0 Å². The maximum absolute atomic E-state index is 5.95. The Kier molecular flexibility index (Phi) is 4.88. The Morgan fingerprint density at radius 3 is 2.58 bits per heavy atom. The Hall–Kier alpha value is -4.06. The van der Waals surface area contributed by atoms with Crippen molar-refractivity contribution in [2.24, 2.45) is 7.05 Å². The molecule has 3 aromatic carbocycles. The number of rotatable bonds is 6.